The molecule has 0 aliphatic carbocycles. The van der Waals surface area contributed by atoms with E-state index < -0.39 is 60.4 Å². The van der Waals surface area contributed by atoms with E-state index in [2.05, 4.69) is 21.3 Å². The van der Waals surface area contributed by atoms with Crippen molar-refractivity contribution in [1.82, 2.24) is 31.1 Å². The summed E-state index contributed by atoms with van der Waals surface area (Å²) in [4.78, 5) is 70.3. The molecule has 0 saturated carbocycles. The Bertz CT molecular complexity index is 1510. The van der Waals surface area contributed by atoms with Crippen LogP contribution in [0.5, 0.6) is 0 Å². The van der Waals surface area contributed by atoms with Gasteiger partial charge in [0.05, 0.1) is 6.54 Å². The smallest absolute Gasteiger partial charge is 0.323 e. The Hall–Kier alpha value is -4.67. The monoisotopic (exact) mass is 772 g/mol. The van der Waals surface area contributed by atoms with Crippen molar-refractivity contribution in [2.75, 3.05) is 39.3 Å². The normalized spacial score (nSPS) is 15.5. The van der Waals surface area contributed by atoms with E-state index in [4.69, 9.17) is 11.5 Å². The van der Waals surface area contributed by atoms with Gasteiger partial charge in [-0.15, -0.1) is 0 Å². The zero-order valence-corrected chi connectivity index (χ0v) is 31.9. The molecular formula is C39H58F2N8O6. The highest BCUT2D eigenvalue weighted by atomic mass is 19.3. The second-order valence-electron chi connectivity index (χ2n) is 14.5. The van der Waals surface area contributed by atoms with Gasteiger partial charge in [0, 0.05) is 39.1 Å². The molecule has 0 unspecified atom stereocenters. The number of nitrogens with one attached hydrogen (secondary N) is 4. The van der Waals surface area contributed by atoms with Crippen LogP contribution in [0.15, 0.2) is 60.7 Å². The van der Waals surface area contributed by atoms with Crippen LogP contribution in [-0.2, 0) is 32.1 Å². The second-order valence-corrected chi connectivity index (χ2v) is 14.5. The standard InChI is InChI=1S/C39H58F2N8O6/c1-27(2)23-31(34(50)45-30(15-9-10-18-42)36(52)48-20-16-39(43,17-21-48)37(53)54)46-35(51)32(24-28-11-5-3-6-12-28)47-38(55)49(22-19-44-25-33(40)41)26-29-13-7-4-8-14-29/h3-8,11-14,27,30-33,44H,9-10,15-26,42-43H2,1-2H3,(H,45,50)(H,46,51)(H,47,55)(H,53,54)/t30-,31-,32-/m1/s1. The summed E-state index contributed by atoms with van der Waals surface area (Å²) < 4.78 is 25.6. The van der Waals surface area contributed by atoms with Gasteiger partial charge in [-0.05, 0) is 62.1 Å². The number of benzene rings is 2. The highest BCUT2D eigenvalue weighted by Crippen LogP contribution is 2.21. The van der Waals surface area contributed by atoms with Crippen molar-refractivity contribution in [2.45, 2.75) is 95.4 Å². The fraction of sp³-hybridized carbons (Fsp3) is 0.564. The summed E-state index contributed by atoms with van der Waals surface area (Å²) in [5.74, 6) is -2.76. The molecule has 5 amide bonds. The first-order valence-corrected chi connectivity index (χ1v) is 19.0. The quantitative estimate of drug-likeness (QED) is 0.0874. The van der Waals surface area contributed by atoms with E-state index in [1.165, 1.54) is 9.80 Å². The molecule has 0 spiro atoms. The number of carboxylic acid groups (broad SMARTS) is 1. The summed E-state index contributed by atoms with van der Waals surface area (Å²) in [7, 11) is 0. The minimum atomic E-state index is -2.55. The first-order chi connectivity index (χ1) is 26.2. The van der Waals surface area contributed by atoms with Crippen LogP contribution >= 0.6 is 0 Å². The van der Waals surface area contributed by atoms with E-state index in [1.807, 2.05) is 62.4 Å². The number of carbonyl (C=O) groups is 5. The number of nitrogens with zero attached hydrogens (tertiary/aromatic N) is 2. The number of hydrogen-bond donors (Lipinski definition) is 7. The number of rotatable bonds is 22. The summed E-state index contributed by atoms with van der Waals surface area (Å²) in [5, 5.41) is 20.7. The number of alkyl halides is 2. The third kappa shape index (κ3) is 15.2. The van der Waals surface area contributed by atoms with E-state index in [9.17, 15) is 37.9 Å². The first kappa shape index (κ1) is 44.7. The second kappa shape index (κ2) is 22.6. The van der Waals surface area contributed by atoms with Crippen LogP contribution in [0.4, 0.5) is 13.6 Å². The van der Waals surface area contributed by atoms with E-state index in [0.717, 1.165) is 11.1 Å². The molecule has 3 rings (SSSR count). The Kier molecular flexibility index (Phi) is 18.4. The Morgan fingerprint density at radius 2 is 1.44 bits per heavy atom. The van der Waals surface area contributed by atoms with Crippen LogP contribution in [0.25, 0.3) is 0 Å². The number of amides is 5. The Morgan fingerprint density at radius 3 is 2.00 bits per heavy atom. The average Bonchev–Trinajstić information content (AvgIpc) is 3.15. The number of hydrogen-bond acceptors (Lipinski definition) is 8. The van der Waals surface area contributed by atoms with E-state index in [1.54, 1.807) is 12.1 Å². The molecular weight excluding hydrogens is 714 g/mol. The minimum absolute atomic E-state index is 0.0532. The number of carbonyl (C=O) groups excluding carboxylic acids is 4. The number of halogens is 2. The molecule has 55 heavy (non-hydrogen) atoms. The van der Waals surface area contributed by atoms with Gasteiger partial charge in [0.25, 0.3) is 6.43 Å². The molecule has 0 bridgehead atoms. The molecule has 1 aliphatic rings. The van der Waals surface area contributed by atoms with E-state index >= 15 is 0 Å². The van der Waals surface area contributed by atoms with Gasteiger partial charge in [-0.2, -0.15) is 0 Å². The van der Waals surface area contributed by atoms with Crippen LogP contribution in [-0.4, -0.2) is 114 Å². The van der Waals surface area contributed by atoms with Crippen molar-refractivity contribution in [3.63, 3.8) is 0 Å². The zero-order chi connectivity index (χ0) is 40.4. The SMILES string of the molecule is CC(C)C[C@@H](NC(=O)[C@@H](Cc1ccccc1)NC(=O)N(CCNCC(F)F)Cc1ccccc1)C(=O)N[C@H](CCCCN)C(=O)N1CCC(N)(C(=O)O)CC1. The van der Waals surface area contributed by atoms with Gasteiger partial charge >= 0.3 is 12.0 Å². The lowest BCUT2D eigenvalue weighted by atomic mass is 9.88. The topological polar surface area (TPSA) is 212 Å². The molecule has 2 aromatic rings. The first-order valence-electron chi connectivity index (χ1n) is 19.0. The van der Waals surface area contributed by atoms with Crippen molar-refractivity contribution in [1.29, 1.82) is 0 Å². The van der Waals surface area contributed by atoms with E-state index in [-0.39, 0.29) is 76.7 Å². The van der Waals surface area contributed by atoms with Crippen LogP contribution < -0.4 is 32.7 Å². The zero-order valence-electron chi connectivity index (χ0n) is 31.9. The highest BCUT2D eigenvalue weighted by Gasteiger charge is 2.40. The van der Waals surface area contributed by atoms with Crippen molar-refractivity contribution in [3.8, 4) is 0 Å². The Balaban J connectivity index is 1.82. The number of aliphatic carboxylic acids is 1. The predicted molar refractivity (Wildman–Crippen MR) is 205 cm³/mol. The summed E-state index contributed by atoms with van der Waals surface area (Å²) in [6.07, 6.45) is -0.682. The molecule has 2 aromatic carbocycles. The molecule has 0 aromatic heterocycles. The number of likely N-dealkylation sites (tertiary alicyclic amines) is 1. The third-order valence-electron chi connectivity index (χ3n) is 9.55. The molecule has 1 heterocycles. The largest absolute Gasteiger partial charge is 0.480 e. The molecule has 16 heteroatoms. The average molecular weight is 773 g/mol. The maximum Gasteiger partial charge on any atom is 0.323 e. The molecule has 3 atom stereocenters. The minimum Gasteiger partial charge on any atom is -0.480 e. The highest BCUT2D eigenvalue weighted by molar-refractivity contribution is 5.94. The maximum atomic E-state index is 14.1. The van der Waals surface area contributed by atoms with Gasteiger partial charge in [0.15, 0.2) is 0 Å². The summed E-state index contributed by atoms with van der Waals surface area (Å²) in [6.45, 7) is 4.18. The van der Waals surface area contributed by atoms with Gasteiger partial charge < -0.3 is 47.6 Å². The molecule has 1 saturated heterocycles. The van der Waals surface area contributed by atoms with Gasteiger partial charge in [0.1, 0.15) is 23.7 Å². The Morgan fingerprint density at radius 1 is 0.855 bits per heavy atom. The number of nitrogens with two attached hydrogens (primary N) is 2. The van der Waals surface area contributed by atoms with Crippen LogP contribution in [0.1, 0.15) is 63.5 Å². The third-order valence-corrected chi connectivity index (χ3v) is 9.55. The van der Waals surface area contributed by atoms with Crippen LogP contribution in [0.2, 0.25) is 0 Å². The van der Waals surface area contributed by atoms with Crippen molar-refractivity contribution in [2.24, 2.45) is 17.4 Å². The number of carboxylic acids is 1. The number of piperidine rings is 1. The van der Waals surface area contributed by atoms with Gasteiger partial charge in [0.2, 0.25) is 17.7 Å². The van der Waals surface area contributed by atoms with Crippen molar-refractivity contribution in [3.05, 3.63) is 71.8 Å². The maximum absolute atomic E-state index is 14.1. The fourth-order valence-corrected chi connectivity index (χ4v) is 6.34. The molecule has 304 valence electrons. The fourth-order valence-electron chi connectivity index (χ4n) is 6.34. The lowest BCUT2D eigenvalue weighted by Crippen LogP contribution is -2.60. The van der Waals surface area contributed by atoms with Crippen LogP contribution in [0, 0.1) is 5.92 Å². The summed E-state index contributed by atoms with van der Waals surface area (Å²) in [6, 6.07) is 14.4. The van der Waals surface area contributed by atoms with Gasteiger partial charge in [-0.25, -0.2) is 13.6 Å². The lowest BCUT2D eigenvalue weighted by Gasteiger charge is -2.38. The lowest BCUT2D eigenvalue weighted by molar-refractivity contribution is -0.148. The summed E-state index contributed by atoms with van der Waals surface area (Å²) >= 11 is 0. The summed E-state index contributed by atoms with van der Waals surface area (Å²) in [5.41, 5.74) is 11.8. The molecule has 1 fully saturated rings. The molecule has 1 aliphatic heterocycles. The molecule has 9 N–H and O–H groups in total. The van der Waals surface area contributed by atoms with Gasteiger partial charge in [-0.1, -0.05) is 74.5 Å². The number of unbranched alkanes of at least 4 members (excludes halogenated alkanes) is 1. The number of urea groups is 1. The Labute approximate surface area is 322 Å². The van der Waals surface area contributed by atoms with Crippen molar-refractivity contribution >= 4 is 29.7 Å². The van der Waals surface area contributed by atoms with E-state index in [0.29, 0.717) is 19.4 Å². The van der Waals surface area contributed by atoms with Crippen molar-refractivity contribution < 1.29 is 37.9 Å². The predicted octanol–water partition coefficient (Wildman–Crippen LogP) is 2.21. The van der Waals surface area contributed by atoms with Gasteiger partial charge in [-0.3, -0.25) is 19.2 Å². The molecule has 14 nitrogen and oxygen atoms in total. The molecule has 0 radical (unpaired) electrons. The van der Waals surface area contributed by atoms with Crippen LogP contribution in [0.3, 0.4) is 0 Å².